The number of sulfonamides is 1. The third-order valence-electron chi connectivity index (χ3n) is 4.56. The minimum absolute atomic E-state index is 0.128. The third kappa shape index (κ3) is 4.95. The van der Waals surface area contributed by atoms with Gasteiger partial charge in [-0.25, -0.2) is 8.42 Å². The summed E-state index contributed by atoms with van der Waals surface area (Å²) < 4.78 is 36.9. The number of rotatable bonds is 6. The molecule has 2 aliphatic rings. The van der Waals surface area contributed by atoms with E-state index in [0.29, 0.717) is 38.4 Å². The molecule has 2 saturated heterocycles. The summed E-state index contributed by atoms with van der Waals surface area (Å²) in [7, 11) is -3.39. The molecule has 2 fully saturated rings. The molecule has 3 rings (SSSR count). The van der Waals surface area contributed by atoms with E-state index in [9.17, 15) is 8.42 Å². The van der Waals surface area contributed by atoms with E-state index in [2.05, 4.69) is 20.4 Å². The molecule has 0 aliphatic carbocycles. The van der Waals surface area contributed by atoms with Gasteiger partial charge in [-0.05, 0) is 19.8 Å². The van der Waals surface area contributed by atoms with Crippen molar-refractivity contribution in [1.82, 2.24) is 19.7 Å². The van der Waals surface area contributed by atoms with Crippen molar-refractivity contribution in [1.29, 1.82) is 0 Å². The number of guanidine groups is 1. The zero-order valence-corrected chi connectivity index (χ0v) is 15.9. The maximum atomic E-state index is 12.5. The van der Waals surface area contributed by atoms with Gasteiger partial charge in [-0.3, -0.25) is 4.99 Å². The van der Waals surface area contributed by atoms with Crippen LogP contribution in [0.3, 0.4) is 0 Å². The summed E-state index contributed by atoms with van der Waals surface area (Å²) in [4.78, 5) is 6.79. The van der Waals surface area contributed by atoms with Gasteiger partial charge in [0.2, 0.25) is 10.0 Å². The van der Waals surface area contributed by atoms with Gasteiger partial charge in [-0.1, -0.05) is 5.16 Å². The predicted molar refractivity (Wildman–Crippen MR) is 97.2 cm³/mol. The Balaban J connectivity index is 1.55. The molecule has 1 unspecified atom stereocenters. The lowest BCUT2D eigenvalue weighted by Crippen LogP contribution is -2.54. The molecule has 1 aromatic rings. The molecular formula is C16H27N5O4S. The quantitative estimate of drug-likeness (QED) is 0.554. The number of hydrogen-bond donors (Lipinski definition) is 1. The summed E-state index contributed by atoms with van der Waals surface area (Å²) in [6.07, 6.45) is 3.74. The molecule has 1 N–H and O–H groups in total. The maximum absolute atomic E-state index is 12.5. The molecule has 2 aliphatic heterocycles. The van der Waals surface area contributed by atoms with Crippen LogP contribution in [0.4, 0.5) is 0 Å². The van der Waals surface area contributed by atoms with Gasteiger partial charge in [0.25, 0.3) is 0 Å². The molecule has 0 spiro atoms. The van der Waals surface area contributed by atoms with E-state index in [1.165, 1.54) is 10.6 Å². The maximum Gasteiger partial charge on any atom is 0.220 e. The van der Waals surface area contributed by atoms with E-state index < -0.39 is 10.0 Å². The Morgan fingerprint density at radius 1 is 1.38 bits per heavy atom. The Bertz CT molecular complexity index is 678. The lowest BCUT2D eigenvalue weighted by Gasteiger charge is -2.35. The van der Waals surface area contributed by atoms with Crippen molar-refractivity contribution in [3.63, 3.8) is 0 Å². The van der Waals surface area contributed by atoms with E-state index in [0.717, 1.165) is 32.0 Å². The Kier molecular flexibility index (Phi) is 6.49. The second-order valence-corrected chi connectivity index (χ2v) is 8.43. The number of nitrogens with zero attached hydrogens (tertiary/aromatic N) is 4. The lowest BCUT2D eigenvalue weighted by molar-refractivity contribution is 0.117. The van der Waals surface area contributed by atoms with Gasteiger partial charge < -0.3 is 19.5 Å². The zero-order valence-electron chi connectivity index (χ0n) is 15.1. The number of nitrogens with one attached hydrogen (secondary N) is 1. The normalized spacial score (nSPS) is 22.7. The molecule has 0 radical (unpaired) electrons. The summed E-state index contributed by atoms with van der Waals surface area (Å²) in [5.41, 5.74) is 0.430. The van der Waals surface area contributed by atoms with Crippen LogP contribution >= 0.6 is 0 Å². The highest BCUT2D eigenvalue weighted by Crippen LogP contribution is 2.14. The second kappa shape index (κ2) is 8.83. The van der Waals surface area contributed by atoms with Gasteiger partial charge in [0.05, 0.1) is 18.3 Å². The summed E-state index contributed by atoms with van der Waals surface area (Å²) in [6.45, 7) is 6.35. The van der Waals surface area contributed by atoms with Crippen LogP contribution in [0.1, 0.15) is 25.5 Å². The minimum atomic E-state index is -3.39. The summed E-state index contributed by atoms with van der Waals surface area (Å²) in [5.74, 6) is 0.702. The van der Waals surface area contributed by atoms with E-state index in [1.807, 2.05) is 6.92 Å². The van der Waals surface area contributed by atoms with Crippen LogP contribution in [0.2, 0.25) is 0 Å². The fraction of sp³-hybridized carbons (Fsp3) is 0.750. The molecule has 10 heteroatoms. The lowest BCUT2D eigenvalue weighted by atomic mass is 10.2. The van der Waals surface area contributed by atoms with E-state index in [1.54, 1.807) is 6.07 Å². The first-order valence-electron chi connectivity index (χ1n) is 9.10. The number of piperazine rings is 1. The molecule has 0 saturated carbocycles. The van der Waals surface area contributed by atoms with Crippen molar-refractivity contribution < 1.29 is 17.7 Å². The average molecular weight is 385 g/mol. The van der Waals surface area contributed by atoms with Crippen molar-refractivity contribution >= 4 is 16.0 Å². The van der Waals surface area contributed by atoms with Crippen LogP contribution in [0.5, 0.6) is 0 Å². The van der Waals surface area contributed by atoms with Gasteiger partial charge in [0, 0.05) is 45.4 Å². The molecule has 26 heavy (non-hydrogen) atoms. The number of hydrogen-bond acceptors (Lipinski definition) is 6. The first kappa shape index (κ1) is 19.1. The fourth-order valence-electron chi connectivity index (χ4n) is 3.17. The topological polar surface area (TPSA) is 100 Å². The smallest absolute Gasteiger partial charge is 0.220 e. The van der Waals surface area contributed by atoms with E-state index in [4.69, 9.17) is 9.26 Å². The SMILES string of the molecule is CCNC(=NCC1CCCO1)N1CCN(S(=O)(=O)Cc2ccon2)CC1. The van der Waals surface area contributed by atoms with Crippen LogP contribution in [-0.2, 0) is 20.5 Å². The van der Waals surface area contributed by atoms with Gasteiger partial charge in [-0.2, -0.15) is 4.31 Å². The largest absolute Gasteiger partial charge is 0.376 e. The van der Waals surface area contributed by atoms with Crippen molar-refractivity contribution in [2.24, 2.45) is 4.99 Å². The second-order valence-electron chi connectivity index (χ2n) is 6.46. The monoisotopic (exact) mass is 385 g/mol. The van der Waals surface area contributed by atoms with Gasteiger partial charge in [0.15, 0.2) is 5.96 Å². The van der Waals surface area contributed by atoms with E-state index >= 15 is 0 Å². The summed E-state index contributed by atoms with van der Waals surface area (Å²) >= 11 is 0. The Labute approximate surface area is 154 Å². The number of aromatic nitrogens is 1. The highest BCUT2D eigenvalue weighted by Gasteiger charge is 2.29. The summed E-state index contributed by atoms with van der Waals surface area (Å²) in [6, 6.07) is 1.58. The standard InChI is InChI=1S/C16H27N5O4S/c1-2-17-16(18-12-15-4-3-10-24-15)20-6-8-21(9-7-20)26(22,23)13-14-5-11-25-19-14/h5,11,15H,2-4,6-10,12-13H2,1H3,(H,17,18). The molecule has 1 atom stereocenters. The van der Waals surface area contributed by atoms with Gasteiger partial charge >= 0.3 is 0 Å². The molecule has 3 heterocycles. The van der Waals surface area contributed by atoms with Gasteiger partial charge in [-0.15, -0.1) is 0 Å². The molecule has 0 aromatic carbocycles. The molecule has 146 valence electrons. The van der Waals surface area contributed by atoms with Crippen molar-refractivity contribution in [3.8, 4) is 0 Å². The predicted octanol–water partition coefficient (Wildman–Crippen LogP) is 0.267. The minimum Gasteiger partial charge on any atom is -0.376 e. The van der Waals surface area contributed by atoms with Crippen molar-refractivity contribution in [2.45, 2.75) is 31.6 Å². The molecular weight excluding hydrogens is 358 g/mol. The van der Waals surface area contributed by atoms with Crippen LogP contribution < -0.4 is 5.32 Å². The van der Waals surface area contributed by atoms with Crippen molar-refractivity contribution in [3.05, 3.63) is 18.0 Å². The van der Waals surface area contributed by atoms with Crippen LogP contribution in [0, 0.1) is 0 Å². The van der Waals surface area contributed by atoms with Crippen LogP contribution in [0.15, 0.2) is 21.8 Å². The highest BCUT2D eigenvalue weighted by molar-refractivity contribution is 7.88. The van der Waals surface area contributed by atoms with Crippen LogP contribution in [-0.4, -0.2) is 80.7 Å². The fourth-order valence-corrected chi connectivity index (χ4v) is 4.60. The van der Waals surface area contributed by atoms with Crippen molar-refractivity contribution in [2.75, 3.05) is 45.9 Å². The summed E-state index contributed by atoms with van der Waals surface area (Å²) in [5, 5.41) is 6.99. The Morgan fingerprint density at radius 3 is 2.81 bits per heavy atom. The molecule has 0 amide bonds. The molecule has 9 nitrogen and oxygen atoms in total. The van der Waals surface area contributed by atoms with Crippen LogP contribution in [0.25, 0.3) is 0 Å². The zero-order chi connectivity index (χ0) is 18.4. The third-order valence-corrected chi connectivity index (χ3v) is 6.37. The first-order chi connectivity index (χ1) is 12.6. The first-order valence-corrected chi connectivity index (χ1v) is 10.7. The Morgan fingerprint density at radius 2 is 2.19 bits per heavy atom. The molecule has 1 aromatic heterocycles. The number of ether oxygens (including phenoxy) is 1. The average Bonchev–Trinajstić information content (AvgIpc) is 3.32. The Hall–Kier alpha value is -1.65. The van der Waals surface area contributed by atoms with E-state index in [-0.39, 0.29) is 11.9 Å². The molecule has 0 bridgehead atoms. The highest BCUT2D eigenvalue weighted by atomic mass is 32.2. The number of aliphatic imine (C=N–C) groups is 1. The van der Waals surface area contributed by atoms with Gasteiger partial charge in [0.1, 0.15) is 12.0 Å².